The number of carbonyl (C=O) groups is 2. The Morgan fingerprint density at radius 2 is 1.73 bits per heavy atom. The third-order valence-electron chi connectivity index (χ3n) is 6.46. The molecule has 2 aromatic carbocycles. The molecule has 2 aromatic rings. The Bertz CT molecular complexity index is 1050. The van der Waals surface area contributed by atoms with Crippen LogP contribution in [-0.2, 0) is 20.9 Å². The minimum atomic E-state index is -0.622. The van der Waals surface area contributed by atoms with Crippen LogP contribution in [0.3, 0.4) is 0 Å². The maximum atomic E-state index is 12.6. The quantitative estimate of drug-likeness (QED) is 0.471. The Balaban J connectivity index is 1.67. The number of carbonyl (C=O) groups excluding carboxylic acids is 2. The number of hydrogen-bond acceptors (Lipinski definition) is 7. The number of cyclic esters (lactones) is 1. The summed E-state index contributed by atoms with van der Waals surface area (Å²) in [5, 5.41) is 0. The monoisotopic (exact) mass is 454 g/mol. The standard InChI is InChI=1S/C26H30O7/c1-5-16(6-2)24(27)33-26(12-13-26)15-32-22-18(10-11-21(29-3)23(22)30-4)17-8-7-9-19-20(17)14-31-25(19)28/h7-11,16H,5-6,12-15H2,1-4H3. The summed E-state index contributed by atoms with van der Waals surface area (Å²) >= 11 is 0. The van der Waals surface area contributed by atoms with Gasteiger partial charge in [0.05, 0.1) is 25.7 Å². The highest BCUT2D eigenvalue weighted by atomic mass is 16.6. The van der Waals surface area contributed by atoms with Crippen LogP contribution in [0.4, 0.5) is 0 Å². The summed E-state index contributed by atoms with van der Waals surface area (Å²) in [7, 11) is 3.12. The predicted octanol–water partition coefficient (Wildman–Crippen LogP) is 4.93. The first-order valence-corrected chi connectivity index (χ1v) is 11.4. The SMILES string of the molecule is CCC(CC)C(=O)OC1(COc2c(-c3cccc4c3COC4=O)ccc(OC)c2OC)CC1. The van der Waals surface area contributed by atoms with Gasteiger partial charge in [0.25, 0.3) is 0 Å². The van der Waals surface area contributed by atoms with Crippen LogP contribution in [0, 0.1) is 5.92 Å². The van der Waals surface area contributed by atoms with Crippen LogP contribution in [0.1, 0.15) is 55.5 Å². The molecule has 1 fully saturated rings. The van der Waals surface area contributed by atoms with E-state index in [2.05, 4.69) is 0 Å². The molecule has 0 saturated heterocycles. The van der Waals surface area contributed by atoms with Gasteiger partial charge >= 0.3 is 11.9 Å². The molecule has 2 aliphatic rings. The molecule has 0 unspecified atom stereocenters. The van der Waals surface area contributed by atoms with Gasteiger partial charge in [0.1, 0.15) is 18.8 Å². The Labute approximate surface area is 193 Å². The highest BCUT2D eigenvalue weighted by molar-refractivity contribution is 5.96. The summed E-state index contributed by atoms with van der Waals surface area (Å²) in [5.74, 6) is 0.841. The van der Waals surface area contributed by atoms with Gasteiger partial charge in [-0.05, 0) is 49.4 Å². The third-order valence-corrected chi connectivity index (χ3v) is 6.46. The highest BCUT2D eigenvalue weighted by Crippen LogP contribution is 2.48. The van der Waals surface area contributed by atoms with E-state index in [4.69, 9.17) is 23.7 Å². The van der Waals surface area contributed by atoms with E-state index in [0.717, 1.165) is 42.4 Å². The fourth-order valence-electron chi connectivity index (χ4n) is 4.19. The van der Waals surface area contributed by atoms with Gasteiger partial charge in [0.2, 0.25) is 5.75 Å². The molecule has 0 atom stereocenters. The van der Waals surface area contributed by atoms with Crippen molar-refractivity contribution in [1.82, 2.24) is 0 Å². The zero-order valence-electron chi connectivity index (χ0n) is 19.6. The van der Waals surface area contributed by atoms with Crippen LogP contribution in [-0.4, -0.2) is 38.4 Å². The summed E-state index contributed by atoms with van der Waals surface area (Å²) < 4.78 is 28.6. The van der Waals surface area contributed by atoms with Gasteiger partial charge in [-0.3, -0.25) is 4.79 Å². The fourth-order valence-corrected chi connectivity index (χ4v) is 4.19. The van der Waals surface area contributed by atoms with Gasteiger partial charge < -0.3 is 23.7 Å². The second kappa shape index (κ2) is 9.33. The Morgan fingerprint density at radius 1 is 1.00 bits per heavy atom. The summed E-state index contributed by atoms with van der Waals surface area (Å²) in [6.45, 7) is 4.40. The van der Waals surface area contributed by atoms with Crippen molar-refractivity contribution >= 4 is 11.9 Å². The lowest BCUT2D eigenvalue weighted by Gasteiger charge is -2.23. The van der Waals surface area contributed by atoms with Crippen molar-refractivity contribution < 1.29 is 33.3 Å². The van der Waals surface area contributed by atoms with Gasteiger partial charge in [-0.2, -0.15) is 0 Å². The number of ether oxygens (including phenoxy) is 5. The lowest BCUT2D eigenvalue weighted by atomic mass is 9.95. The zero-order chi connectivity index (χ0) is 23.6. The van der Waals surface area contributed by atoms with E-state index in [-0.39, 0.29) is 31.1 Å². The van der Waals surface area contributed by atoms with Crippen LogP contribution in [0.15, 0.2) is 30.3 Å². The fraction of sp³-hybridized carbons (Fsp3) is 0.462. The Hall–Kier alpha value is -3.22. The first kappa shape index (κ1) is 23.0. The smallest absolute Gasteiger partial charge is 0.338 e. The van der Waals surface area contributed by atoms with E-state index in [9.17, 15) is 9.59 Å². The molecule has 176 valence electrons. The van der Waals surface area contributed by atoms with Crippen molar-refractivity contribution in [3.05, 3.63) is 41.5 Å². The topological polar surface area (TPSA) is 80.3 Å². The highest BCUT2D eigenvalue weighted by Gasteiger charge is 2.49. The molecule has 1 saturated carbocycles. The number of fused-ring (bicyclic) bond motifs is 1. The molecular formula is C26H30O7. The molecule has 4 rings (SSSR count). The van der Waals surface area contributed by atoms with Gasteiger partial charge in [-0.1, -0.05) is 26.0 Å². The largest absolute Gasteiger partial charge is 0.493 e. The van der Waals surface area contributed by atoms with Crippen molar-refractivity contribution in [2.75, 3.05) is 20.8 Å². The second-order valence-electron chi connectivity index (χ2n) is 8.49. The summed E-state index contributed by atoms with van der Waals surface area (Å²) in [4.78, 5) is 24.7. The molecule has 0 radical (unpaired) electrons. The van der Waals surface area contributed by atoms with E-state index in [1.807, 2.05) is 32.0 Å². The molecule has 0 spiro atoms. The zero-order valence-corrected chi connectivity index (χ0v) is 19.6. The predicted molar refractivity (Wildman–Crippen MR) is 122 cm³/mol. The molecular weight excluding hydrogens is 424 g/mol. The average Bonchev–Trinajstić information content (AvgIpc) is 3.49. The first-order valence-electron chi connectivity index (χ1n) is 11.4. The molecule has 7 nitrogen and oxygen atoms in total. The summed E-state index contributed by atoms with van der Waals surface area (Å²) in [6, 6.07) is 9.19. The molecule has 0 bridgehead atoms. The molecule has 0 N–H and O–H groups in total. The van der Waals surface area contributed by atoms with Gasteiger partial charge in [-0.25, -0.2) is 4.79 Å². The third kappa shape index (κ3) is 4.36. The lowest BCUT2D eigenvalue weighted by molar-refractivity contribution is -0.158. The van der Waals surface area contributed by atoms with E-state index >= 15 is 0 Å². The number of esters is 2. The maximum absolute atomic E-state index is 12.6. The van der Waals surface area contributed by atoms with Crippen LogP contribution < -0.4 is 14.2 Å². The van der Waals surface area contributed by atoms with Crippen LogP contribution in [0.25, 0.3) is 11.1 Å². The first-order chi connectivity index (χ1) is 16.0. The van der Waals surface area contributed by atoms with Gasteiger partial charge in [-0.15, -0.1) is 0 Å². The summed E-state index contributed by atoms with van der Waals surface area (Å²) in [6.07, 6.45) is 3.01. The Morgan fingerprint density at radius 3 is 2.36 bits per heavy atom. The van der Waals surface area contributed by atoms with Crippen molar-refractivity contribution in [1.29, 1.82) is 0 Å². The van der Waals surface area contributed by atoms with E-state index in [1.165, 1.54) is 0 Å². The van der Waals surface area contributed by atoms with Crippen molar-refractivity contribution in [2.45, 2.75) is 51.7 Å². The minimum Gasteiger partial charge on any atom is -0.493 e. The molecule has 1 heterocycles. The van der Waals surface area contributed by atoms with Gasteiger partial charge in [0, 0.05) is 11.1 Å². The normalized spacial score (nSPS) is 15.6. The van der Waals surface area contributed by atoms with Crippen molar-refractivity contribution in [2.24, 2.45) is 5.92 Å². The summed E-state index contributed by atoms with van der Waals surface area (Å²) in [5.41, 5.74) is 2.31. The number of benzene rings is 2. The van der Waals surface area contributed by atoms with Crippen molar-refractivity contribution in [3.63, 3.8) is 0 Å². The molecule has 7 heteroatoms. The average molecular weight is 455 g/mol. The van der Waals surface area contributed by atoms with Crippen molar-refractivity contribution in [3.8, 4) is 28.4 Å². The molecule has 33 heavy (non-hydrogen) atoms. The molecule has 1 aliphatic heterocycles. The van der Waals surface area contributed by atoms with Crippen LogP contribution in [0.2, 0.25) is 0 Å². The van der Waals surface area contributed by atoms with E-state index in [1.54, 1.807) is 26.4 Å². The van der Waals surface area contributed by atoms with E-state index < -0.39 is 5.60 Å². The molecule has 1 aliphatic carbocycles. The maximum Gasteiger partial charge on any atom is 0.338 e. The van der Waals surface area contributed by atoms with Gasteiger partial charge in [0.15, 0.2) is 11.5 Å². The Kier molecular flexibility index (Phi) is 6.49. The van der Waals surface area contributed by atoms with Crippen LogP contribution >= 0.6 is 0 Å². The number of methoxy groups -OCH3 is 2. The minimum absolute atomic E-state index is 0.103. The van der Waals surface area contributed by atoms with E-state index in [0.29, 0.717) is 22.8 Å². The molecule has 0 aromatic heterocycles. The second-order valence-corrected chi connectivity index (χ2v) is 8.49. The van der Waals surface area contributed by atoms with Crippen LogP contribution in [0.5, 0.6) is 17.2 Å². The molecule has 0 amide bonds. The number of hydrogen-bond donors (Lipinski definition) is 0. The lowest BCUT2D eigenvalue weighted by Crippen LogP contribution is -2.30. The number of rotatable bonds is 10.